The van der Waals surface area contributed by atoms with Gasteiger partial charge in [-0.3, -0.25) is 0 Å². The van der Waals surface area contributed by atoms with Gasteiger partial charge in [-0.15, -0.1) is 0 Å². The van der Waals surface area contributed by atoms with Gasteiger partial charge in [0.15, 0.2) is 0 Å². The molecule has 18 heavy (non-hydrogen) atoms. The van der Waals surface area contributed by atoms with Crippen LogP contribution in [0, 0.1) is 5.92 Å². The Morgan fingerprint density at radius 2 is 1.78 bits per heavy atom. The smallest absolute Gasteiger partial charge is 0.431 e. The standard InChI is InChI=1S/C15H30O3/c1-7-9-10-11-15(5,6)18-14(16)17-13(8-2)12(3)4/h12-13H,7-11H2,1-6H3. The first-order valence-electron chi connectivity index (χ1n) is 7.22. The molecular weight excluding hydrogens is 228 g/mol. The van der Waals surface area contributed by atoms with Crippen LogP contribution < -0.4 is 0 Å². The molecule has 0 aliphatic rings. The topological polar surface area (TPSA) is 35.5 Å². The van der Waals surface area contributed by atoms with Crippen LogP contribution in [-0.2, 0) is 9.47 Å². The van der Waals surface area contributed by atoms with E-state index in [0.29, 0.717) is 5.92 Å². The minimum absolute atomic E-state index is 0.0519. The van der Waals surface area contributed by atoms with Crippen LogP contribution in [0.5, 0.6) is 0 Å². The van der Waals surface area contributed by atoms with Crippen molar-refractivity contribution in [1.82, 2.24) is 0 Å². The van der Waals surface area contributed by atoms with E-state index in [4.69, 9.17) is 9.47 Å². The highest BCUT2D eigenvalue weighted by Gasteiger charge is 2.25. The molecule has 0 radical (unpaired) electrons. The van der Waals surface area contributed by atoms with Crippen molar-refractivity contribution < 1.29 is 14.3 Å². The summed E-state index contributed by atoms with van der Waals surface area (Å²) in [5.74, 6) is 0.325. The molecule has 3 heteroatoms. The van der Waals surface area contributed by atoms with Crippen LogP contribution in [0.15, 0.2) is 0 Å². The van der Waals surface area contributed by atoms with Gasteiger partial charge in [-0.25, -0.2) is 4.79 Å². The zero-order valence-corrected chi connectivity index (χ0v) is 12.9. The van der Waals surface area contributed by atoms with Crippen molar-refractivity contribution in [1.29, 1.82) is 0 Å². The van der Waals surface area contributed by atoms with Gasteiger partial charge in [0.2, 0.25) is 0 Å². The molecule has 0 fully saturated rings. The van der Waals surface area contributed by atoms with Crippen molar-refractivity contribution >= 4 is 6.16 Å². The average molecular weight is 258 g/mol. The third-order valence-corrected chi connectivity index (χ3v) is 3.14. The van der Waals surface area contributed by atoms with Gasteiger partial charge >= 0.3 is 6.16 Å². The molecule has 1 unspecified atom stereocenters. The third kappa shape index (κ3) is 7.57. The summed E-state index contributed by atoms with van der Waals surface area (Å²) in [7, 11) is 0. The fraction of sp³-hybridized carbons (Fsp3) is 0.933. The molecule has 0 aliphatic heterocycles. The molecule has 3 nitrogen and oxygen atoms in total. The Morgan fingerprint density at radius 1 is 1.17 bits per heavy atom. The van der Waals surface area contributed by atoms with E-state index in [9.17, 15) is 4.79 Å². The Morgan fingerprint density at radius 3 is 2.22 bits per heavy atom. The maximum atomic E-state index is 11.7. The van der Waals surface area contributed by atoms with Gasteiger partial charge in [0, 0.05) is 0 Å². The first kappa shape index (κ1) is 17.3. The Bertz CT molecular complexity index is 234. The Kier molecular flexibility index (Phi) is 8.05. The molecule has 0 saturated carbocycles. The molecule has 0 bridgehead atoms. The van der Waals surface area contributed by atoms with E-state index >= 15 is 0 Å². The van der Waals surface area contributed by atoms with Gasteiger partial charge in [-0.05, 0) is 39.0 Å². The summed E-state index contributed by atoms with van der Waals surface area (Å²) < 4.78 is 10.7. The van der Waals surface area contributed by atoms with E-state index in [1.165, 1.54) is 12.8 Å². The van der Waals surface area contributed by atoms with Gasteiger partial charge in [-0.2, -0.15) is 0 Å². The number of hydrogen-bond donors (Lipinski definition) is 0. The second-order valence-electron chi connectivity index (χ2n) is 5.88. The largest absolute Gasteiger partial charge is 0.509 e. The number of carbonyl (C=O) groups excluding carboxylic acids is 1. The summed E-state index contributed by atoms with van der Waals surface area (Å²) in [4.78, 5) is 11.7. The Hall–Kier alpha value is -0.730. The predicted octanol–water partition coefficient (Wildman–Crippen LogP) is 4.93. The zero-order chi connectivity index (χ0) is 14.2. The SMILES string of the molecule is CCCCCC(C)(C)OC(=O)OC(CC)C(C)C. The van der Waals surface area contributed by atoms with Gasteiger partial charge in [0.1, 0.15) is 11.7 Å². The monoisotopic (exact) mass is 258 g/mol. The molecule has 0 N–H and O–H groups in total. The van der Waals surface area contributed by atoms with E-state index in [2.05, 4.69) is 6.92 Å². The van der Waals surface area contributed by atoms with Gasteiger partial charge in [0.25, 0.3) is 0 Å². The van der Waals surface area contributed by atoms with E-state index < -0.39 is 11.8 Å². The van der Waals surface area contributed by atoms with Crippen LogP contribution in [0.25, 0.3) is 0 Å². The van der Waals surface area contributed by atoms with Gasteiger partial charge < -0.3 is 9.47 Å². The van der Waals surface area contributed by atoms with Crippen LogP contribution in [0.1, 0.15) is 73.6 Å². The van der Waals surface area contributed by atoms with E-state index in [1.54, 1.807) is 0 Å². The molecule has 0 aromatic heterocycles. The maximum Gasteiger partial charge on any atom is 0.509 e. The van der Waals surface area contributed by atoms with Crippen molar-refractivity contribution in [3.05, 3.63) is 0 Å². The first-order chi connectivity index (χ1) is 8.32. The van der Waals surface area contributed by atoms with Crippen molar-refractivity contribution in [2.24, 2.45) is 5.92 Å². The van der Waals surface area contributed by atoms with Crippen LogP contribution in [0.2, 0.25) is 0 Å². The summed E-state index contributed by atoms with van der Waals surface area (Å²) in [5.41, 5.74) is -0.429. The van der Waals surface area contributed by atoms with Crippen LogP contribution >= 0.6 is 0 Å². The number of ether oxygens (including phenoxy) is 2. The zero-order valence-electron chi connectivity index (χ0n) is 12.9. The lowest BCUT2D eigenvalue weighted by molar-refractivity contribution is -0.0472. The van der Waals surface area contributed by atoms with Crippen molar-refractivity contribution in [3.8, 4) is 0 Å². The average Bonchev–Trinajstić information content (AvgIpc) is 2.24. The van der Waals surface area contributed by atoms with E-state index in [1.807, 2.05) is 34.6 Å². The second kappa shape index (κ2) is 8.39. The number of unbranched alkanes of at least 4 members (excludes halogenated alkanes) is 2. The van der Waals surface area contributed by atoms with Crippen LogP contribution in [0.4, 0.5) is 4.79 Å². The van der Waals surface area contributed by atoms with Crippen LogP contribution in [0.3, 0.4) is 0 Å². The molecule has 0 amide bonds. The number of carbonyl (C=O) groups is 1. The number of hydrogen-bond acceptors (Lipinski definition) is 3. The molecule has 108 valence electrons. The molecule has 0 saturated heterocycles. The molecule has 0 spiro atoms. The minimum Gasteiger partial charge on any atom is -0.431 e. The summed E-state index contributed by atoms with van der Waals surface area (Å²) >= 11 is 0. The summed E-state index contributed by atoms with van der Waals surface area (Å²) in [5, 5.41) is 0. The lowest BCUT2D eigenvalue weighted by atomic mass is 10.0. The Labute approximate surface area is 112 Å². The molecule has 1 atom stereocenters. The van der Waals surface area contributed by atoms with Crippen molar-refractivity contribution in [3.63, 3.8) is 0 Å². The maximum absolute atomic E-state index is 11.7. The fourth-order valence-electron chi connectivity index (χ4n) is 1.92. The number of rotatable bonds is 8. The Balaban J connectivity index is 4.12. The van der Waals surface area contributed by atoms with E-state index in [0.717, 1.165) is 19.3 Å². The van der Waals surface area contributed by atoms with Crippen LogP contribution in [-0.4, -0.2) is 17.9 Å². The fourth-order valence-corrected chi connectivity index (χ4v) is 1.92. The molecule has 0 rings (SSSR count). The highest BCUT2D eigenvalue weighted by atomic mass is 16.7. The third-order valence-electron chi connectivity index (χ3n) is 3.14. The van der Waals surface area contributed by atoms with E-state index in [-0.39, 0.29) is 6.10 Å². The second-order valence-corrected chi connectivity index (χ2v) is 5.88. The van der Waals surface area contributed by atoms with Crippen molar-refractivity contribution in [2.45, 2.75) is 85.4 Å². The first-order valence-corrected chi connectivity index (χ1v) is 7.22. The quantitative estimate of drug-likeness (QED) is 0.457. The molecule has 0 aliphatic carbocycles. The molecule has 0 aromatic rings. The predicted molar refractivity (Wildman–Crippen MR) is 74.7 cm³/mol. The lowest BCUT2D eigenvalue weighted by Crippen LogP contribution is -2.31. The molecule has 0 heterocycles. The highest BCUT2D eigenvalue weighted by molar-refractivity contribution is 5.60. The minimum atomic E-state index is -0.531. The summed E-state index contributed by atoms with van der Waals surface area (Å²) in [6.07, 6.45) is 4.55. The highest BCUT2D eigenvalue weighted by Crippen LogP contribution is 2.21. The summed E-state index contributed by atoms with van der Waals surface area (Å²) in [6.45, 7) is 12.2. The van der Waals surface area contributed by atoms with Crippen molar-refractivity contribution in [2.75, 3.05) is 0 Å². The lowest BCUT2D eigenvalue weighted by Gasteiger charge is -2.27. The van der Waals surface area contributed by atoms with Gasteiger partial charge in [0.05, 0.1) is 0 Å². The normalized spacial score (nSPS) is 13.5. The summed E-state index contributed by atoms with van der Waals surface area (Å²) in [6, 6.07) is 0. The van der Waals surface area contributed by atoms with Gasteiger partial charge in [-0.1, -0.05) is 40.5 Å². The molecular formula is C15H30O3. The molecule has 0 aromatic carbocycles.